The molecule has 0 saturated carbocycles. The van der Waals surface area contributed by atoms with Crippen LogP contribution in [-0.4, -0.2) is 5.11 Å². The molecular formula is C13H22O. The number of rotatable bonds is 2. The molecule has 0 saturated heterocycles. The zero-order valence-corrected chi connectivity index (χ0v) is 9.96. The molecule has 0 heterocycles. The molecule has 0 bridgehead atoms. The SMILES string of the molecule is CC.CCc1ccccc1C(C)(C)O. The van der Waals surface area contributed by atoms with E-state index in [0.717, 1.165) is 12.0 Å². The van der Waals surface area contributed by atoms with Gasteiger partial charge in [0.25, 0.3) is 0 Å². The summed E-state index contributed by atoms with van der Waals surface area (Å²) in [4.78, 5) is 0. The third-order valence-corrected chi connectivity index (χ3v) is 2.06. The van der Waals surface area contributed by atoms with E-state index in [1.54, 1.807) is 0 Å². The van der Waals surface area contributed by atoms with Crippen LogP contribution >= 0.6 is 0 Å². The summed E-state index contributed by atoms with van der Waals surface area (Å²) >= 11 is 0. The van der Waals surface area contributed by atoms with Crippen LogP contribution in [0.2, 0.25) is 0 Å². The lowest BCUT2D eigenvalue weighted by molar-refractivity contribution is 0.0777. The Kier molecular flexibility index (Phi) is 5.47. The molecule has 0 amide bonds. The summed E-state index contributed by atoms with van der Waals surface area (Å²) in [5.74, 6) is 0. The minimum atomic E-state index is -0.716. The van der Waals surface area contributed by atoms with E-state index in [-0.39, 0.29) is 0 Å². The second-order valence-electron chi connectivity index (χ2n) is 3.57. The largest absolute Gasteiger partial charge is 0.386 e. The third kappa shape index (κ3) is 3.51. The van der Waals surface area contributed by atoms with Crippen molar-refractivity contribution in [2.75, 3.05) is 0 Å². The fourth-order valence-corrected chi connectivity index (χ4v) is 1.43. The van der Waals surface area contributed by atoms with Crippen LogP contribution in [0.3, 0.4) is 0 Å². The van der Waals surface area contributed by atoms with E-state index in [1.165, 1.54) is 5.56 Å². The van der Waals surface area contributed by atoms with Crippen LogP contribution in [0.1, 0.15) is 45.7 Å². The van der Waals surface area contributed by atoms with Gasteiger partial charge in [-0.05, 0) is 31.4 Å². The first-order chi connectivity index (χ1) is 6.55. The van der Waals surface area contributed by atoms with E-state index >= 15 is 0 Å². The summed E-state index contributed by atoms with van der Waals surface area (Å²) in [5, 5.41) is 9.80. The van der Waals surface area contributed by atoms with E-state index in [1.807, 2.05) is 45.9 Å². The minimum Gasteiger partial charge on any atom is -0.386 e. The van der Waals surface area contributed by atoms with Crippen LogP contribution in [-0.2, 0) is 12.0 Å². The van der Waals surface area contributed by atoms with E-state index in [9.17, 15) is 5.11 Å². The van der Waals surface area contributed by atoms with E-state index < -0.39 is 5.60 Å². The smallest absolute Gasteiger partial charge is 0.0843 e. The molecule has 1 aromatic rings. The van der Waals surface area contributed by atoms with Gasteiger partial charge < -0.3 is 5.11 Å². The number of benzene rings is 1. The quantitative estimate of drug-likeness (QED) is 0.764. The standard InChI is InChI=1S/C11H16O.C2H6/c1-4-9-7-5-6-8-10(9)11(2,3)12;1-2/h5-8,12H,4H2,1-3H3;1-2H3. The normalized spacial score (nSPS) is 10.4. The molecule has 80 valence electrons. The number of aliphatic hydroxyl groups is 1. The Morgan fingerprint density at radius 3 is 2.00 bits per heavy atom. The molecule has 1 nitrogen and oxygen atoms in total. The molecule has 1 rings (SSSR count). The molecule has 0 aliphatic heterocycles. The summed E-state index contributed by atoms with van der Waals surface area (Å²) in [5.41, 5.74) is 1.55. The highest BCUT2D eigenvalue weighted by atomic mass is 16.3. The first kappa shape index (κ1) is 13.2. The van der Waals surface area contributed by atoms with Gasteiger partial charge >= 0.3 is 0 Å². The molecule has 0 aliphatic rings. The van der Waals surface area contributed by atoms with Gasteiger partial charge in [-0.3, -0.25) is 0 Å². The molecule has 1 aromatic carbocycles. The Morgan fingerprint density at radius 2 is 1.64 bits per heavy atom. The summed E-state index contributed by atoms with van der Waals surface area (Å²) in [6, 6.07) is 8.02. The number of hydrogen-bond acceptors (Lipinski definition) is 1. The van der Waals surface area contributed by atoms with Crippen molar-refractivity contribution in [1.29, 1.82) is 0 Å². The van der Waals surface area contributed by atoms with Gasteiger partial charge in [0.1, 0.15) is 0 Å². The molecule has 0 atom stereocenters. The highest BCUT2D eigenvalue weighted by Gasteiger charge is 2.17. The fourth-order valence-electron chi connectivity index (χ4n) is 1.43. The predicted octanol–water partition coefficient (Wildman–Crippen LogP) is 3.50. The highest BCUT2D eigenvalue weighted by molar-refractivity contribution is 5.31. The van der Waals surface area contributed by atoms with Gasteiger partial charge in [0.15, 0.2) is 0 Å². The van der Waals surface area contributed by atoms with Crippen LogP contribution in [0, 0.1) is 0 Å². The Morgan fingerprint density at radius 1 is 1.14 bits per heavy atom. The lowest BCUT2D eigenvalue weighted by Crippen LogP contribution is -2.17. The highest BCUT2D eigenvalue weighted by Crippen LogP contribution is 2.23. The first-order valence-electron chi connectivity index (χ1n) is 5.36. The molecule has 0 unspecified atom stereocenters. The Bertz CT molecular complexity index is 258. The molecule has 0 aliphatic carbocycles. The molecule has 0 spiro atoms. The van der Waals surface area contributed by atoms with Crippen molar-refractivity contribution in [2.24, 2.45) is 0 Å². The van der Waals surface area contributed by atoms with Gasteiger partial charge in [0.2, 0.25) is 0 Å². The Balaban J connectivity index is 0.000000791. The summed E-state index contributed by atoms with van der Waals surface area (Å²) in [6.45, 7) is 9.74. The Labute approximate surface area is 87.8 Å². The maximum Gasteiger partial charge on any atom is 0.0843 e. The first-order valence-corrected chi connectivity index (χ1v) is 5.36. The molecule has 1 N–H and O–H groups in total. The van der Waals surface area contributed by atoms with Crippen LogP contribution in [0.4, 0.5) is 0 Å². The molecular weight excluding hydrogens is 172 g/mol. The summed E-state index contributed by atoms with van der Waals surface area (Å²) < 4.78 is 0. The van der Waals surface area contributed by atoms with Gasteiger partial charge in [-0.25, -0.2) is 0 Å². The van der Waals surface area contributed by atoms with Crippen molar-refractivity contribution >= 4 is 0 Å². The van der Waals surface area contributed by atoms with E-state index in [2.05, 4.69) is 13.0 Å². The Hall–Kier alpha value is -0.820. The van der Waals surface area contributed by atoms with Gasteiger partial charge in [-0.1, -0.05) is 45.0 Å². The maximum absolute atomic E-state index is 9.80. The van der Waals surface area contributed by atoms with Crippen molar-refractivity contribution in [3.63, 3.8) is 0 Å². The second-order valence-corrected chi connectivity index (χ2v) is 3.57. The van der Waals surface area contributed by atoms with E-state index in [0.29, 0.717) is 0 Å². The van der Waals surface area contributed by atoms with Crippen molar-refractivity contribution in [1.82, 2.24) is 0 Å². The van der Waals surface area contributed by atoms with Gasteiger partial charge in [-0.2, -0.15) is 0 Å². The van der Waals surface area contributed by atoms with Gasteiger partial charge in [-0.15, -0.1) is 0 Å². The van der Waals surface area contributed by atoms with Crippen LogP contribution in [0.25, 0.3) is 0 Å². The molecule has 0 fully saturated rings. The maximum atomic E-state index is 9.80. The second kappa shape index (κ2) is 5.82. The molecule has 14 heavy (non-hydrogen) atoms. The monoisotopic (exact) mass is 194 g/mol. The van der Waals surface area contributed by atoms with E-state index in [4.69, 9.17) is 0 Å². The molecule has 1 heteroatoms. The average molecular weight is 194 g/mol. The summed E-state index contributed by atoms with van der Waals surface area (Å²) in [7, 11) is 0. The van der Waals surface area contributed by atoms with Crippen molar-refractivity contribution < 1.29 is 5.11 Å². The number of aryl methyl sites for hydroxylation is 1. The van der Waals surface area contributed by atoms with Gasteiger partial charge in [0.05, 0.1) is 5.60 Å². The molecule has 0 aromatic heterocycles. The zero-order valence-electron chi connectivity index (χ0n) is 9.96. The lowest BCUT2D eigenvalue weighted by atomic mass is 9.92. The average Bonchev–Trinajstić information content (AvgIpc) is 2.19. The molecule has 0 radical (unpaired) electrons. The van der Waals surface area contributed by atoms with Crippen LogP contribution in [0.15, 0.2) is 24.3 Å². The fraction of sp³-hybridized carbons (Fsp3) is 0.538. The minimum absolute atomic E-state index is 0.716. The van der Waals surface area contributed by atoms with Crippen LogP contribution < -0.4 is 0 Å². The third-order valence-electron chi connectivity index (χ3n) is 2.06. The van der Waals surface area contributed by atoms with Crippen molar-refractivity contribution in [3.8, 4) is 0 Å². The van der Waals surface area contributed by atoms with Crippen LogP contribution in [0.5, 0.6) is 0 Å². The van der Waals surface area contributed by atoms with Crippen molar-refractivity contribution in [3.05, 3.63) is 35.4 Å². The topological polar surface area (TPSA) is 20.2 Å². The van der Waals surface area contributed by atoms with Crippen molar-refractivity contribution in [2.45, 2.75) is 46.6 Å². The predicted molar refractivity (Wildman–Crippen MR) is 62.4 cm³/mol. The number of hydrogen-bond donors (Lipinski definition) is 1. The lowest BCUT2D eigenvalue weighted by Gasteiger charge is -2.20. The van der Waals surface area contributed by atoms with Gasteiger partial charge in [0, 0.05) is 0 Å². The summed E-state index contributed by atoms with van der Waals surface area (Å²) in [6.07, 6.45) is 0.972. The zero-order chi connectivity index (χ0) is 11.2.